The topological polar surface area (TPSA) is 102 Å². The molecule has 0 saturated carbocycles. The molecule has 0 fully saturated rings. The van der Waals surface area contributed by atoms with Crippen LogP contribution in [0.4, 0.5) is 10.8 Å². The van der Waals surface area contributed by atoms with E-state index < -0.39 is 11.9 Å². The molecule has 3 N–H and O–H groups in total. The Morgan fingerprint density at radius 2 is 2.04 bits per heavy atom. The zero-order valence-corrected chi connectivity index (χ0v) is 15.7. The summed E-state index contributed by atoms with van der Waals surface area (Å²) in [7, 11) is 3.14. The highest BCUT2D eigenvalue weighted by molar-refractivity contribution is 7.14. The molecule has 0 saturated heterocycles. The van der Waals surface area contributed by atoms with Crippen LogP contribution in [-0.4, -0.2) is 50.2 Å². The maximum Gasteiger partial charge on any atom is 0.271 e. The Bertz CT molecular complexity index is 750. The van der Waals surface area contributed by atoms with Gasteiger partial charge in [-0.2, -0.15) is 0 Å². The fourth-order valence-electron chi connectivity index (χ4n) is 2.06. The van der Waals surface area contributed by atoms with Gasteiger partial charge in [0.05, 0.1) is 19.4 Å². The lowest BCUT2D eigenvalue weighted by atomic mass is 10.3. The molecule has 0 aliphatic rings. The van der Waals surface area contributed by atoms with Crippen molar-refractivity contribution in [3.8, 4) is 5.75 Å². The maximum atomic E-state index is 12.3. The Labute approximate surface area is 155 Å². The second-order valence-electron chi connectivity index (χ2n) is 5.34. The Morgan fingerprint density at radius 3 is 2.77 bits per heavy atom. The molecule has 1 unspecified atom stereocenters. The number of thiazole rings is 1. The van der Waals surface area contributed by atoms with Gasteiger partial charge in [-0.05, 0) is 19.1 Å². The van der Waals surface area contributed by atoms with Gasteiger partial charge < -0.3 is 25.4 Å². The highest BCUT2D eigenvalue weighted by Gasteiger charge is 2.18. The third kappa shape index (κ3) is 5.43. The normalized spacial score (nSPS) is 11.5. The summed E-state index contributed by atoms with van der Waals surface area (Å²) in [6.07, 6.45) is 0. The van der Waals surface area contributed by atoms with Gasteiger partial charge in [0.1, 0.15) is 17.5 Å². The van der Waals surface area contributed by atoms with Gasteiger partial charge in [-0.15, -0.1) is 11.3 Å². The zero-order chi connectivity index (χ0) is 18.9. The van der Waals surface area contributed by atoms with Crippen molar-refractivity contribution in [2.45, 2.75) is 13.0 Å². The SMILES string of the molecule is COCCNC(=O)C(C)NC(=O)c1csc(Nc2ccccc2OC)n1. The van der Waals surface area contributed by atoms with Gasteiger partial charge in [0.25, 0.3) is 5.91 Å². The van der Waals surface area contributed by atoms with Gasteiger partial charge >= 0.3 is 0 Å². The molecule has 140 valence electrons. The van der Waals surface area contributed by atoms with Crippen LogP contribution in [0.3, 0.4) is 0 Å². The van der Waals surface area contributed by atoms with Gasteiger partial charge in [0.2, 0.25) is 5.91 Å². The lowest BCUT2D eigenvalue weighted by molar-refractivity contribution is -0.122. The standard InChI is InChI=1S/C17H22N4O4S/c1-11(15(22)18-8-9-24-2)19-16(23)13-10-26-17(21-13)20-12-6-4-5-7-14(12)25-3/h4-7,10-11H,8-9H2,1-3H3,(H,18,22)(H,19,23)(H,20,21). The van der Waals surface area contributed by atoms with Crippen LogP contribution in [0.1, 0.15) is 17.4 Å². The zero-order valence-electron chi connectivity index (χ0n) is 14.9. The number of hydrogen-bond donors (Lipinski definition) is 3. The molecule has 9 heteroatoms. The van der Waals surface area contributed by atoms with E-state index in [2.05, 4.69) is 20.9 Å². The smallest absolute Gasteiger partial charge is 0.271 e. The quantitative estimate of drug-likeness (QED) is 0.575. The van der Waals surface area contributed by atoms with E-state index in [0.29, 0.717) is 24.0 Å². The molecule has 2 rings (SSSR count). The van der Waals surface area contributed by atoms with Crippen molar-refractivity contribution in [2.24, 2.45) is 0 Å². The number of nitrogens with zero attached hydrogens (tertiary/aromatic N) is 1. The average molecular weight is 378 g/mol. The number of methoxy groups -OCH3 is 2. The van der Waals surface area contributed by atoms with Gasteiger partial charge in [-0.1, -0.05) is 12.1 Å². The highest BCUT2D eigenvalue weighted by atomic mass is 32.1. The minimum atomic E-state index is -0.674. The number of carbonyl (C=O) groups excluding carboxylic acids is 2. The van der Waals surface area contributed by atoms with E-state index in [1.54, 1.807) is 26.5 Å². The van der Waals surface area contributed by atoms with E-state index >= 15 is 0 Å². The number of nitrogens with one attached hydrogen (secondary N) is 3. The molecule has 2 amide bonds. The van der Waals surface area contributed by atoms with Crippen molar-refractivity contribution >= 4 is 34.0 Å². The van der Waals surface area contributed by atoms with Crippen LogP contribution in [-0.2, 0) is 9.53 Å². The van der Waals surface area contributed by atoms with Crippen LogP contribution in [0, 0.1) is 0 Å². The lowest BCUT2D eigenvalue weighted by Gasteiger charge is -2.13. The Kier molecular flexibility index (Phi) is 7.37. The molecule has 1 aromatic heterocycles. The van der Waals surface area contributed by atoms with E-state index in [4.69, 9.17) is 9.47 Å². The number of para-hydroxylation sites is 2. The van der Waals surface area contributed by atoms with E-state index in [1.165, 1.54) is 11.3 Å². The molecule has 8 nitrogen and oxygen atoms in total. The number of rotatable bonds is 9. The van der Waals surface area contributed by atoms with Crippen molar-refractivity contribution in [1.29, 1.82) is 0 Å². The molecule has 1 heterocycles. The Hall–Kier alpha value is -2.65. The van der Waals surface area contributed by atoms with Gasteiger partial charge in [-0.3, -0.25) is 9.59 Å². The van der Waals surface area contributed by atoms with E-state index in [9.17, 15) is 9.59 Å². The third-order valence-corrected chi connectivity index (χ3v) is 4.19. The molecular formula is C17H22N4O4S. The largest absolute Gasteiger partial charge is 0.495 e. The first kappa shape index (κ1) is 19.7. The summed E-state index contributed by atoms with van der Waals surface area (Å²) >= 11 is 1.29. The first-order chi connectivity index (χ1) is 12.5. The van der Waals surface area contributed by atoms with Crippen LogP contribution >= 0.6 is 11.3 Å². The molecule has 1 atom stereocenters. The van der Waals surface area contributed by atoms with Crippen molar-refractivity contribution in [2.75, 3.05) is 32.7 Å². The number of anilines is 2. The summed E-state index contributed by atoms with van der Waals surface area (Å²) < 4.78 is 10.1. The summed E-state index contributed by atoms with van der Waals surface area (Å²) in [5.41, 5.74) is 0.992. The van der Waals surface area contributed by atoms with Gasteiger partial charge in [0.15, 0.2) is 5.13 Å². The molecule has 1 aromatic carbocycles. The van der Waals surface area contributed by atoms with E-state index in [-0.39, 0.29) is 11.6 Å². The number of carbonyl (C=O) groups is 2. The molecule has 0 aliphatic heterocycles. The van der Waals surface area contributed by atoms with Crippen LogP contribution in [0.2, 0.25) is 0 Å². The number of hydrogen-bond acceptors (Lipinski definition) is 7. The minimum absolute atomic E-state index is 0.240. The first-order valence-corrected chi connectivity index (χ1v) is 8.86. The summed E-state index contributed by atoms with van der Waals surface area (Å²) in [5, 5.41) is 10.6. The number of benzene rings is 1. The van der Waals surface area contributed by atoms with Crippen LogP contribution < -0.4 is 20.7 Å². The predicted octanol–water partition coefficient (Wildman–Crippen LogP) is 1.78. The molecule has 0 spiro atoms. The van der Waals surface area contributed by atoms with Crippen molar-refractivity contribution in [1.82, 2.24) is 15.6 Å². The summed E-state index contributed by atoms with van der Waals surface area (Å²) in [6, 6.07) is 6.74. The summed E-state index contributed by atoms with van der Waals surface area (Å²) in [5.74, 6) is -0.0169. The molecule has 2 aromatic rings. The van der Waals surface area contributed by atoms with Crippen LogP contribution in [0.5, 0.6) is 5.75 Å². The Morgan fingerprint density at radius 1 is 1.27 bits per heavy atom. The number of aromatic nitrogens is 1. The predicted molar refractivity (Wildman–Crippen MR) is 100 cm³/mol. The second kappa shape index (κ2) is 9.73. The van der Waals surface area contributed by atoms with Crippen LogP contribution in [0.15, 0.2) is 29.6 Å². The van der Waals surface area contributed by atoms with Crippen LogP contribution in [0.25, 0.3) is 0 Å². The number of amides is 2. The third-order valence-electron chi connectivity index (χ3n) is 3.43. The molecule has 0 aliphatic carbocycles. The summed E-state index contributed by atoms with van der Waals surface area (Å²) in [6.45, 7) is 2.41. The fourth-order valence-corrected chi connectivity index (χ4v) is 2.77. The molecule has 0 bridgehead atoms. The lowest BCUT2D eigenvalue weighted by Crippen LogP contribution is -2.45. The second-order valence-corrected chi connectivity index (χ2v) is 6.20. The Balaban J connectivity index is 1.94. The maximum absolute atomic E-state index is 12.3. The van der Waals surface area contributed by atoms with Gasteiger partial charge in [0, 0.05) is 19.0 Å². The van der Waals surface area contributed by atoms with Crippen molar-refractivity contribution < 1.29 is 19.1 Å². The van der Waals surface area contributed by atoms with Gasteiger partial charge in [-0.25, -0.2) is 4.98 Å². The molecule has 0 radical (unpaired) electrons. The van der Waals surface area contributed by atoms with Crippen molar-refractivity contribution in [3.05, 3.63) is 35.3 Å². The van der Waals surface area contributed by atoms with E-state index in [0.717, 1.165) is 5.69 Å². The average Bonchev–Trinajstić information content (AvgIpc) is 3.11. The van der Waals surface area contributed by atoms with E-state index in [1.807, 2.05) is 24.3 Å². The summed E-state index contributed by atoms with van der Waals surface area (Å²) in [4.78, 5) is 28.4. The molecule has 26 heavy (non-hydrogen) atoms. The van der Waals surface area contributed by atoms with Crippen molar-refractivity contribution in [3.63, 3.8) is 0 Å². The highest BCUT2D eigenvalue weighted by Crippen LogP contribution is 2.28. The monoisotopic (exact) mass is 378 g/mol. The fraction of sp³-hybridized carbons (Fsp3) is 0.353. The molecular weight excluding hydrogens is 356 g/mol. The minimum Gasteiger partial charge on any atom is -0.495 e. The number of ether oxygens (including phenoxy) is 2. The first-order valence-electron chi connectivity index (χ1n) is 7.98.